The van der Waals surface area contributed by atoms with Crippen LogP contribution in [0.15, 0.2) is 39.9 Å². The van der Waals surface area contributed by atoms with Gasteiger partial charge in [0.15, 0.2) is 12.3 Å². The number of anilines is 2. The number of nitrogens with zero attached hydrogens (tertiary/aromatic N) is 2. The van der Waals surface area contributed by atoms with Crippen LogP contribution < -0.4 is 21.9 Å². The Bertz CT molecular complexity index is 967. The molecule has 156 valence electrons. The zero-order valence-electron chi connectivity index (χ0n) is 16.3. The highest BCUT2D eigenvalue weighted by Crippen LogP contribution is 2.18. The second kappa shape index (κ2) is 10.2. The standard InChI is InChI=1S/C19H24N4O6/c1-3-15(25)29-12-14(24)22(9-10-28-2)16-17(20)23(19(27)21-18(16)26)11-13-7-5-4-6-8-13/h4-8H,3,9-12,20H2,1-2H3,(H,21,26,27). The van der Waals surface area contributed by atoms with Crippen LogP contribution in [-0.4, -0.2) is 48.3 Å². The third kappa shape index (κ3) is 5.55. The number of ether oxygens (including phenoxy) is 2. The van der Waals surface area contributed by atoms with Crippen molar-refractivity contribution in [1.29, 1.82) is 0 Å². The monoisotopic (exact) mass is 404 g/mol. The molecule has 0 radical (unpaired) electrons. The topological polar surface area (TPSA) is 137 Å². The number of hydrogen-bond acceptors (Lipinski definition) is 7. The number of aromatic nitrogens is 2. The van der Waals surface area contributed by atoms with Crippen LogP contribution >= 0.6 is 0 Å². The van der Waals surface area contributed by atoms with Gasteiger partial charge in [0.05, 0.1) is 13.2 Å². The van der Waals surface area contributed by atoms with Crippen molar-refractivity contribution in [2.75, 3.05) is 37.5 Å². The van der Waals surface area contributed by atoms with E-state index in [-0.39, 0.29) is 37.6 Å². The number of H-pyrrole nitrogens is 1. The third-order valence-corrected chi connectivity index (χ3v) is 4.13. The molecule has 2 rings (SSSR count). The van der Waals surface area contributed by atoms with Crippen molar-refractivity contribution in [1.82, 2.24) is 9.55 Å². The van der Waals surface area contributed by atoms with E-state index in [9.17, 15) is 19.2 Å². The molecule has 0 saturated heterocycles. The van der Waals surface area contributed by atoms with E-state index in [2.05, 4.69) is 4.98 Å². The van der Waals surface area contributed by atoms with Crippen molar-refractivity contribution in [3.05, 3.63) is 56.7 Å². The Labute approximate surface area is 166 Å². The van der Waals surface area contributed by atoms with Gasteiger partial charge in [0.1, 0.15) is 5.82 Å². The molecule has 0 aliphatic rings. The molecular weight excluding hydrogens is 380 g/mol. The molecule has 29 heavy (non-hydrogen) atoms. The fourth-order valence-electron chi connectivity index (χ4n) is 2.63. The van der Waals surface area contributed by atoms with Crippen molar-refractivity contribution in [2.24, 2.45) is 0 Å². The summed E-state index contributed by atoms with van der Waals surface area (Å²) in [5.41, 5.74) is 5.20. The van der Waals surface area contributed by atoms with Crippen LogP contribution in [0.2, 0.25) is 0 Å². The summed E-state index contributed by atoms with van der Waals surface area (Å²) in [4.78, 5) is 52.0. The minimum absolute atomic E-state index is 0.0180. The molecule has 0 aliphatic carbocycles. The summed E-state index contributed by atoms with van der Waals surface area (Å²) in [5.74, 6) is -1.39. The number of nitrogens with two attached hydrogens (primary N) is 1. The van der Waals surface area contributed by atoms with Gasteiger partial charge in [0.25, 0.3) is 11.5 Å². The van der Waals surface area contributed by atoms with E-state index in [0.29, 0.717) is 0 Å². The number of rotatable bonds is 9. The molecule has 3 N–H and O–H groups in total. The Morgan fingerprint density at radius 2 is 1.90 bits per heavy atom. The number of carbonyl (C=O) groups excluding carboxylic acids is 2. The third-order valence-electron chi connectivity index (χ3n) is 4.13. The van der Waals surface area contributed by atoms with Crippen LogP contribution in [-0.2, 0) is 25.6 Å². The van der Waals surface area contributed by atoms with Crippen molar-refractivity contribution in [3.8, 4) is 0 Å². The lowest BCUT2D eigenvalue weighted by molar-refractivity contribution is -0.147. The predicted octanol–water partition coefficient (Wildman–Crippen LogP) is 0.0997. The van der Waals surface area contributed by atoms with Crippen LogP contribution in [0.4, 0.5) is 11.5 Å². The molecule has 0 atom stereocenters. The van der Waals surface area contributed by atoms with Gasteiger partial charge in [-0.05, 0) is 5.56 Å². The summed E-state index contributed by atoms with van der Waals surface area (Å²) < 4.78 is 11.0. The molecule has 0 unspecified atom stereocenters. The van der Waals surface area contributed by atoms with Gasteiger partial charge in [-0.3, -0.25) is 28.8 Å². The first-order valence-electron chi connectivity index (χ1n) is 9.00. The molecule has 1 heterocycles. The van der Waals surface area contributed by atoms with E-state index < -0.39 is 29.7 Å². The van der Waals surface area contributed by atoms with E-state index in [0.717, 1.165) is 15.0 Å². The highest BCUT2D eigenvalue weighted by atomic mass is 16.5. The van der Waals surface area contributed by atoms with E-state index >= 15 is 0 Å². The molecule has 10 heteroatoms. The average molecular weight is 404 g/mol. The molecule has 1 aromatic heterocycles. The van der Waals surface area contributed by atoms with Crippen molar-refractivity contribution in [3.63, 3.8) is 0 Å². The van der Waals surface area contributed by atoms with E-state index in [4.69, 9.17) is 15.2 Å². The van der Waals surface area contributed by atoms with Gasteiger partial charge in [-0.2, -0.15) is 0 Å². The number of amides is 1. The van der Waals surface area contributed by atoms with Crippen LogP contribution in [0.1, 0.15) is 18.9 Å². The number of hydrogen-bond donors (Lipinski definition) is 2. The maximum atomic E-state index is 12.6. The molecular formula is C19H24N4O6. The molecule has 0 fully saturated rings. The molecule has 0 spiro atoms. The first-order valence-corrected chi connectivity index (χ1v) is 9.00. The molecule has 0 aliphatic heterocycles. The molecule has 10 nitrogen and oxygen atoms in total. The first-order chi connectivity index (χ1) is 13.9. The number of carbonyl (C=O) groups is 2. The van der Waals surface area contributed by atoms with Gasteiger partial charge in [0, 0.05) is 20.1 Å². The zero-order chi connectivity index (χ0) is 21.4. The molecule has 0 saturated carbocycles. The smallest absolute Gasteiger partial charge is 0.330 e. The largest absolute Gasteiger partial charge is 0.456 e. The first kappa shape index (κ1) is 21.9. The van der Waals surface area contributed by atoms with Gasteiger partial charge in [-0.15, -0.1) is 0 Å². The number of nitrogen functional groups attached to an aromatic ring is 1. The Morgan fingerprint density at radius 1 is 1.21 bits per heavy atom. The lowest BCUT2D eigenvalue weighted by Gasteiger charge is -2.24. The second-order valence-corrected chi connectivity index (χ2v) is 6.12. The maximum Gasteiger partial charge on any atom is 0.330 e. The number of nitrogens with one attached hydrogen (secondary N) is 1. The SMILES string of the molecule is CCC(=O)OCC(=O)N(CCOC)c1c(N)n(Cc2ccccc2)c(=O)[nH]c1=O. The molecule has 1 aromatic carbocycles. The number of benzene rings is 1. The summed E-state index contributed by atoms with van der Waals surface area (Å²) in [5, 5.41) is 0. The minimum Gasteiger partial charge on any atom is -0.456 e. The minimum atomic E-state index is -0.817. The number of aromatic amines is 1. The molecule has 1 amide bonds. The average Bonchev–Trinajstić information content (AvgIpc) is 2.72. The highest BCUT2D eigenvalue weighted by molar-refractivity contribution is 5.97. The Kier molecular flexibility index (Phi) is 7.72. The summed E-state index contributed by atoms with van der Waals surface area (Å²) >= 11 is 0. The summed E-state index contributed by atoms with van der Waals surface area (Å²) in [7, 11) is 1.43. The van der Waals surface area contributed by atoms with Crippen LogP contribution in [0.5, 0.6) is 0 Å². The fraction of sp³-hybridized carbons (Fsp3) is 0.368. The Hall–Kier alpha value is -3.40. The van der Waals surface area contributed by atoms with Crippen molar-refractivity contribution < 1.29 is 19.1 Å². The predicted molar refractivity (Wildman–Crippen MR) is 107 cm³/mol. The van der Waals surface area contributed by atoms with Gasteiger partial charge >= 0.3 is 11.7 Å². The van der Waals surface area contributed by atoms with Gasteiger partial charge < -0.3 is 15.2 Å². The summed E-state index contributed by atoms with van der Waals surface area (Å²) in [6, 6.07) is 9.04. The lowest BCUT2D eigenvalue weighted by Crippen LogP contribution is -2.44. The fourth-order valence-corrected chi connectivity index (χ4v) is 2.63. The van der Waals surface area contributed by atoms with Gasteiger partial charge in [0.2, 0.25) is 0 Å². The normalized spacial score (nSPS) is 10.6. The van der Waals surface area contributed by atoms with E-state index in [1.54, 1.807) is 31.2 Å². The maximum absolute atomic E-state index is 12.6. The van der Waals surface area contributed by atoms with E-state index in [1.165, 1.54) is 7.11 Å². The number of esters is 1. The van der Waals surface area contributed by atoms with Crippen LogP contribution in [0.25, 0.3) is 0 Å². The summed E-state index contributed by atoms with van der Waals surface area (Å²) in [6.45, 7) is 1.22. The van der Waals surface area contributed by atoms with Crippen LogP contribution in [0, 0.1) is 0 Å². The van der Waals surface area contributed by atoms with Gasteiger partial charge in [-0.25, -0.2) is 4.79 Å². The molecule has 2 aromatic rings. The van der Waals surface area contributed by atoms with E-state index in [1.807, 2.05) is 6.07 Å². The number of methoxy groups -OCH3 is 1. The second-order valence-electron chi connectivity index (χ2n) is 6.12. The zero-order valence-corrected chi connectivity index (χ0v) is 16.3. The Morgan fingerprint density at radius 3 is 2.52 bits per heavy atom. The van der Waals surface area contributed by atoms with Crippen molar-refractivity contribution >= 4 is 23.4 Å². The van der Waals surface area contributed by atoms with Crippen LogP contribution in [0.3, 0.4) is 0 Å². The summed E-state index contributed by atoms with van der Waals surface area (Å²) in [6.07, 6.45) is 0.107. The highest BCUT2D eigenvalue weighted by Gasteiger charge is 2.25. The molecule has 0 bridgehead atoms. The van der Waals surface area contributed by atoms with Crippen molar-refractivity contribution in [2.45, 2.75) is 19.9 Å². The Balaban J connectivity index is 2.45. The quantitative estimate of drug-likeness (QED) is 0.566. The lowest BCUT2D eigenvalue weighted by atomic mass is 10.2. The van der Waals surface area contributed by atoms with Gasteiger partial charge in [-0.1, -0.05) is 37.3 Å².